The topological polar surface area (TPSA) is 250 Å². The van der Waals surface area contributed by atoms with E-state index in [1.807, 2.05) is 10.9 Å². The Morgan fingerprint density at radius 2 is 1.06 bits per heavy atom. The third-order valence-electron chi connectivity index (χ3n) is 0.864. The second-order valence-corrected chi connectivity index (χ2v) is 2.40. The molecule has 0 amide bonds. The van der Waals surface area contributed by atoms with Gasteiger partial charge in [-0.3, -0.25) is 31.3 Å². The molecule has 106 valence electrons. The summed E-state index contributed by atoms with van der Waals surface area (Å²) in [4.78, 5) is 19.3. The maximum absolute atomic E-state index is 9.64. The van der Waals surface area contributed by atoms with Crippen molar-refractivity contribution < 1.29 is 19.8 Å². The highest BCUT2D eigenvalue weighted by atomic mass is 16.4. The Kier molecular flexibility index (Phi) is 16.6. The predicted molar refractivity (Wildman–Crippen MR) is 63.0 cm³/mol. The number of hydrogen-bond acceptors (Lipinski definition) is 6. The van der Waals surface area contributed by atoms with Crippen molar-refractivity contribution in [1.82, 2.24) is 10.9 Å². The second-order valence-electron chi connectivity index (χ2n) is 2.40. The van der Waals surface area contributed by atoms with E-state index in [1.165, 1.54) is 0 Å². The van der Waals surface area contributed by atoms with Crippen LogP contribution in [0.25, 0.3) is 0 Å². The van der Waals surface area contributed by atoms with E-state index >= 15 is 0 Å². The molecule has 0 aromatic heterocycles. The molecule has 0 aromatic carbocycles. The van der Waals surface area contributed by atoms with Crippen LogP contribution in [0.1, 0.15) is 12.8 Å². The highest BCUT2D eigenvalue weighted by Crippen LogP contribution is 1.86. The molecule has 0 radical (unpaired) electrons. The molecular weight excluding hydrogens is 248 g/mol. The van der Waals surface area contributed by atoms with Crippen LogP contribution in [0, 0.1) is 10.8 Å². The van der Waals surface area contributed by atoms with Gasteiger partial charge in [-0.25, -0.2) is 11.7 Å². The SMILES string of the molecule is N=C(N)NN.N=C(N)NN.O=C(O)CCC(=O)O. The highest BCUT2D eigenvalue weighted by Gasteiger charge is 2.00. The summed E-state index contributed by atoms with van der Waals surface area (Å²) < 4.78 is 0. The van der Waals surface area contributed by atoms with Gasteiger partial charge >= 0.3 is 11.9 Å². The number of carboxylic acid groups (broad SMARTS) is 2. The molecule has 0 heterocycles. The highest BCUT2D eigenvalue weighted by molar-refractivity contribution is 5.75. The van der Waals surface area contributed by atoms with Crippen molar-refractivity contribution in [3.8, 4) is 0 Å². The molecule has 0 spiro atoms. The first-order chi connectivity index (χ1) is 8.17. The zero-order valence-electron chi connectivity index (χ0n) is 9.43. The first-order valence-corrected chi connectivity index (χ1v) is 4.22. The summed E-state index contributed by atoms with van der Waals surface area (Å²) in [5.41, 5.74) is 13.1. The van der Waals surface area contributed by atoms with Gasteiger partial charge in [0.1, 0.15) is 0 Å². The molecule has 0 saturated carbocycles. The molecule has 0 atom stereocenters. The fourth-order valence-corrected chi connectivity index (χ4v) is 0.214. The number of rotatable bonds is 3. The van der Waals surface area contributed by atoms with Crippen LogP contribution in [0.5, 0.6) is 0 Å². The van der Waals surface area contributed by atoms with Gasteiger partial charge in [0.15, 0.2) is 11.9 Å². The lowest BCUT2D eigenvalue weighted by molar-refractivity contribution is -0.143. The van der Waals surface area contributed by atoms with Gasteiger partial charge in [0.25, 0.3) is 0 Å². The molecule has 0 bridgehead atoms. The van der Waals surface area contributed by atoms with Crippen LogP contribution >= 0.6 is 0 Å². The molecule has 0 aromatic rings. The number of carboxylic acids is 2. The standard InChI is InChI=1S/C4H6O4.2CH6N4/c5-3(6)1-2-4(7)8;2*2-1(3)5-4/h1-2H2,(H,5,6)(H,7,8);2*4H2,(H4,2,3,5). The predicted octanol–water partition coefficient (Wildman–Crippen LogP) is -3.38. The summed E-state index contributed by atoms with van der Waals surface area (Å²) in [5.74, 6) is 6.56. The van der Waals surface area contributed by atoms with E-state index in [4.69, 9.17) is 21.0 Å². The van der Waals surface area contributed by atoms with Crippen molar-refractivity contribution in [3.63, 3.8) is 0 Å². The lowest BCUT2D eigenvalue weighted by atomic mass is 10.3. The Balaban J connectivity index is -0.000000197. The second kappa shape index (κ2) is 14.4. The number of nitrogens with one attached hydrogen (secondary N) is 4. The number of nitrogens with two attached hydrogens (primary N) is 4. The van der Waals surface area contributed by atoms with Crippen LogP contribution in [0.3, 0.4) is 0 Å². The maximum Gasteiger partial charge on any atom is 0.303 e. The monoisotopic (exact) mass is 266 g/mol. The largest absolute Gasteiger partial charge is 0.481 e. The molecule has 0 fully saturated rings. The minimum atomic E-state index is -1.08. The van der Waals surface area contributed by atoms with Crippen molar-refractivity contribution in [3.05, 3.63) is 0 Å². The molecule has 0 unspecified atom stereocenters. The van der Waals surface area contributed by atoms with E-state index in [0.29, 0.717) is 0 Å². The molecule has 0 aliphatic rings. The summed E-state index contributed by atoms with van der Waals surface area (Å²) in [5, 5.41) is 28.4. The van der Waals surface area contributed by atoms with Crippen LogP contribution in [-0.2, 0) is 9.59 Å². The average molecular weight is 266 g/mol. The average Bonchev–Trinajstić information content (AvgIpc) is 2.27. The zero-order chi connectivity index (χ0) is 15.1. The van der Waals surface area contributed by atoms with E-state index in [0.717, 1.165) is 0 Å². The van der Waals surface area contributed by atoms with Gasteiger partial charge in [-0.1, -0.05) is 0 Å². The van der Waals surface area contributed by atoms with Gasteiger partial charge in [-0.05, 0) is 0 Å². The van der Waals surface area contributed by atoms with E-state index in [9.17, 15) is 9.59 Å². The van der Waals surface area contributed by atoms with E-state index in [1.54, 1.807) is 0 Å². The summed E-state index contributed by atoms with van der Waals surface area (Å²) in [6.45, 7) is 0. The number of guanidine groups is 2. The van der Waals surface area contributed by atoms with Crippen molar-refractivity contribution >= 4 is 23.9 Å². The first kappa shape index (κ1) is 20.8. The smallest absolute Gasteiger partial charge is 0.303 e. The molecule has 12 nitrogen and oxygen atoms in total. The maximum atomic E-state index is 9.64. The van der Waals surface area contributed by atoms with Crippen molar-refractivity contribution in [2.75, 3.05) is 0 Å². The first-order valence-electron chi connectivity index (χ1n) is 4.22. The van der Waals surface area contributed by atoms with Crippen LogP contribution < -0.4 is 34.0 Å². The molecule has 0 saturated heterocycles. The van der Waals surface area contributed by atoms with E-state index in [2.05, 4.69) is 23.2 Å². The summed E-state index contributed by atoms with van der Waals surface area (Å²) in [7, 11) is 0. The van der Waals surface area contributed by atoms with Crippen molar-refractivity contribution in [2.45, 2.75) is 12.8 Å². The number of hydrazine groups is 2. The Morgan fingerprint density at radius 3 is 1.11 bits per heavy atom. The summed E-state index contributed by atoms with van der Waals surface area (Å²) >= 11 is 0. The number of carbonyl (C=O) groups is 2. The van der Waals surface area contributed by atoms with E-state index in [-0.39, 0.29) is 24.8 Å². The lowest BCUT2D eigenvalue weighted by Gasteiger charge is -1.85. The molecule has 14 N–H and O–H groups in total. The van der Waals surface area contributed by atoms with Crippen LogP contribution in [0.2, 0.25) is 0 Å². The Labute approximate surface area is 102 Å². The van der Waals surface area contributed by atoms with Gasteiger partial charge in [-0.15, -0.1) is 0 Å². The fraction of sp³-hybridized carbons (Fsp3) is 0.333. The molecule has 12 heteroatoms. The third-order valence-corrected chi connectivity index (χ3v) is 0.864. The Hall–Kier alpha value is -2.60. The van der Waals surface area contributed by atoms with Crippen molar-refractivity contribution in [1.29, 1.82) is 10.8 Å². The number of aliphatic carboxylic acids is 2. The van der Waals surface area contributed by atoms with Gasteiger partial charge in [0, 0.05) is 0 Å². The lowest BCUT2D eigenvalue weighted by Crippen LogP contribution is -2.35. The zero-order valence-corrected chi connectivity index (χ0v) is 9.43. The molecule has 0 rings (SSSR count). The third kappa shape index (κ3) is 50.3. The molecule has 18 heavy (non-hydrogen) atoms. The van der Waals surface area contributed by atoms with Crippen molar-refractivity contribution in [2.24, 2.45) is 23.2 Å². The van der Waals surface area contributed by atoms with E-state index < -0.39 is 11.9 Å². The van der Waals surface area contributed by atoms with Gasteiger partial charge in [-0.2, -0.15) is 0 Å². The Bertz CT molecular complexity index is 253. The molecule has 0 aliphatic carbocycles. The fourth-order valence-electron chi connectivity index (χ4n) is 0.214. The minimum absolute atomic E-state index is 0.218. The van der Waals surface area contributed by atoms with Gasteiger partial charge in [0.2, 0.25) is 0 Å². The molecular formula is C6H18N8O4. The van der Waals surface area contributed by atoms with Crippen LogP contribution in [0.4, 0.5) is 0 Å². The van der Waals surface area contributed by atoms with Gasteiger partial charge < -0.3 is 21.7 Å². The summed E-state index contributed by atoms with van der Waals surface area (Å²) in [6.07, 6.45) is -0.593. The molecule has 0 aliphatic heterocycles. The van der Waals surface area contributed by atoms with Crippen LogP contribution in [-0.4, -0.2) is 34.1 Å². The number of hydrogen-bond donors (Lipinski definition) is 10. The normalized spacial score (nSPS) is 7.44. The Morgan fingerprint density at radius 1 is 0.889 bits per heavy atom. The minimum Gasteiger partial charge on any atom is -0.481 e. The quantitative estimate of drug-likeness (QED) is 0.105. The van der Waals surface area contributed by atoms with Gasteiger partial charge in [0.05, 0.1) is 12.8 Å². The summed E-state index contributed by atoms with van der Waals surface area (Å²) in [6, 6.07) is 0. The van der Waals surface area contributed by atoms with Crippen LogP contribution in [0.15, 0.2) is 0 Å².